The van der Waals surface area contributed by atoms with Crippen LogP contribution in [0.25, 0.3) is 0 Å². The van der Waals surface area contributed by atoms with E-state index in [4.69, 9.17) is 15.2 Å². The minimum absolute atomic E-state index is 0.102. The van der Waals surface area contributed by atoms with Crippen LogP contribution >= 0.6 is 0 Å². The summed E-state index contributed by atoms with van der Waals surface area (Å²) in [4.78, 5) is 18.2. The van der Waals surface area contributed by atoms with Crippen molar-refractivity contribution < 1.29 is 14.3 Å². The van der Waals surface area contributed by atoms with E-state index in [9.17, 15) is 4.79 Å². The molecule has 0 spiro atoms. The van der Waals surface area contributed by atoms with Gasteiger partial charge in [0.25, 0.3) is 0 Å². The maximum atomic E-state index is 12.2. The number of piperidine rings is 1. The number of carbonyl (C=O) groups excluding carboxylic acids is 1. The second kappa shape index (κ2) is 8.64. The molecule has 2 N–H and O–H groups in total. The van der Waals surface area contributed by atoms with Crippen molar-refractivity contribution in [2.24, 2.45) is 28.5 Å². The molecule has 6 nitrogen and oxygen atoms in total. The van der Waals surface area contributed by atoms with Crippen LogP contribution in [0.15, 0.2) is 29.3 Å². The first-order chi connectivity index (χ1) is 14.0. The molecule has 0 radical (unpaired) electrons. The largest absolute Gasteiger partial charge is 0.494 e. The van der Waals surface area contributed by atoms with Crippen LogP contribution < -0.4 is 10.5 Å². The molecule has 0 atom stereocenters. The number of nitrogens with zero attached hydrogens (tertiary/aromatic N) is 2. The van der Waals surface area contributed by atoms with E-state index < -0.39 is 0 Å². The van der Waals surface area contributed by atoms with Crippen molar-refractivity contribution in [3.63, 3.8) is 0 Å². The maximum absolute atomic E-state index is 12.2. The molecule has 3 fully saturated rings. The molecule has 3 aliphatic rings. The summed E-state index contributed by atoms with van der Waals surface area (Å²) in [6.45, 7) is 4.50. The van der Waals surface area contributed by atoms with Gasteiger partial charge in [0.1, 0.15) is 11.4 Å². The number of amides is 1. The van der Waals surface area contributed by atoms with Crippen LogP contribution in [0.1, 0.15) is 51.9 Å². The normalized spacial score (nSPS) is 26.2. The van der Waals surface area contributed by atoms with Crippen molar-refractivity contribution in [3.8, 4) is 5.75 Å². The number of benzene rings is 1. The summed E-state index contributed by atoms with van der Waals surface area (Å²) in [7, 11) is 0. The van der Waals surface area contributed by atoms with E-state index in [1.54, 1.807) is 0 Å². The highest BCUT2D eigenvalue weighted by Gasteiger charge is 2.43. The lowest BCUT2D eigenvalue weighted by Crippen LogP contribution is -2.43. The zero-order valence-corrected chi connectivity index (χ0v) is 17.4. The highest BCUT2D eigenvalue weighted by atomic mass is 16.6. The monoisotopic (exact) mass is 399 g/mol. The number of likely N-dealkylation sites (tertiary alicyclic amines) is 1. The topological polar surface area (TPSA) is 77.1 Å². The molecule has 1 aromatic rings. The lowest BCUT2D eigenvalue weighted by Gasteiger charge is -2.44. The van der Waals surface area contributed by atoms with E-state index in [-0.39, 0.29) is 11.7 Å². The Balaban J connectivity index is 1.10. The minimum Gasteiger partial charge on any atom is -0.494 e. The zero-order valence-electron chi connectivity index (χ0n) is 17.4. The Kier molecular flexibility index (Phi) is 5.97. The Morgan fingerprint density at radius 2 is 1.90 bits per heavy atom. The number of ether oxygens (including phenoxy) is 2. The van der Waals surface area contributed by atoms with E-state index in [1.165, 1.54) is 19.2 Å². The number of hydrogen-bond donors (Lipinski definition) is 1. The quantitative estimate of drug-likeness (QED) is 0.541. The van der Waals surface area contributed by atoms with Crippen LogP contribution in [0.3, 0.4) is 0 Å². The molecule has 0 aromatic heterocycles. The third kappa shape index (κ3) is 5.22. The van der Waals surface area contributed by atoms with Crippen molar-refractivity contribution in [3.05, 3.63) is 24.3 Å². The third-order valence-corrected chi connectivity index (χ3v) is 6.88. The predicted molar refractivity (Wildman–Crippen MR) is 114 cm³/mol. The lowest BCUT2D eigenvalue weighted by atomic mass is 9.65. The molecule has 4 rings (SSSR count). The third-order valence-electron chi connectivity index (χ3n) is 6.88. The summed E-state index contributed by atoms with van der Waals surface area (Å²) in [6, 6.07) is 7.69. The first kappa shape index (κ1) is 20.0. The molecular weight excluding hydrogens is 366 g/mol. The number of nitrogens with two attached hydrogens (primary N) is 1. The summed E-state index contributed by atoms with van der Waals surface area (Å²) >= 11 is 0. The Morgan fingerprint density at radius 3 is 2.52 bits per heavy atom. The lowest BCUT2D eigenvalue weighted by molar-refractivity contribution is 0.0294. The zero-order chi connectivity index (χ0) is 20.3. The Morgan fingerprint density at radius 1 is 1.21 bits per heavy atom. The summed E-state index contributed by atoms with van der Waals surface area (Å²) in [6.07, 6.45) is 9.19. The average molecular weight is 400 g/mol. The van der Waals surface area contributed by atoms with Crippen LogP contribution in [-0.2, 0) is 4.74 Å². The molecule has 0 bridgehead atoms. The number of aliphatic imine (C=N–C) groups is 1. The van der Waals surface area contributed by atoms with Gasteiger partial charge in [-0.15, -0.1) is 0 Å². The van der Waals surface area contributed by atoms with Gasteiger partial charge in [0, 0.05) is 13.1 Å². The molecule has 1 aromatic carbocycles. The van der Waals surface area contributed by atoms with Crippen LogP contribution in [0.4, 0.5) is 10.5 Å². The molecule has 1 aliphatic heterocycles. The van der Waals surface area contributed by atoms with E-state index in [1.807, 2.05) is 36.1 Å². The number of hydrogen-bond acceptors (Lipinski definition) is 4. The Bertz CT molecular complexity index is 715. The second-order valence-corrected chi connectivity index (χ2v) is 9.15. The van der Waals surface area contributed by atoms with Gasteiger partial charge in [-0.1, -0.05) is 0 Å². The number of carbonyl (C=O) groups is 1. The minimum atomic E-state index is -0.169. The van der Waals surface area contributed by atoms with Crippen molar-refractivity contribution in [2.45, 2.75) is 57.5 Å². The summed E-state index contributed by atoms with van der Waals surface area (Å²) in [5.41, 5.74) is 5.96. The van der Waals surface area contributed by atoms with Crippen molar-refractivity contribution in [2.75, 3.05) is 19.7 Å². The molecule has 6 heteroatoms. The first-order valence-corrected chi connectivity index (χ1v) is 11.0. The molecule has 29 heavy (non-hydrogen) atoms. The Labute approximate surface area is 173 Å². The van der Waals surface area contributed by atoms with Gasteiger partial charge in [0.05, 0.1) is 18.6 Å². The van der Waals surface area contributed by atoms with E-state index in [0.717, 1.165) is 81.0 Å². The highest BCUT2D eigenvalue weighted by molar-refractivity contribution is 5.68. The van der Waals surface area contributed by atoms with Gasteiger partial charge in [-0.05, 0) is 93.9 Å². The summed E-state index contributed by atoms with van der Waals surface area (Å²) in [5, 5.41) is 0. The van der Waals surface area contributed by atoms with Gasteiger partial charge >= 0.3 is 6.09 Å². The molecule has 0 unspecified atom stereocenters. The molecule has 1 heterocycles. The molecule has 2 aliphatic carbocycles. The SMILES string of the molecule is CC1(OC(=O)N2CCC(C3CC(CCOc4ccc(N=CN)cc4)C3)CC2)CC1. The van der Waals surface area contributed by atoms with Crippen molar-refractivity contribution in [1.29, 1.82) is 0 Å². The van der Waals surface area contributed by atoms with Gasteiger partial charge in [-0.2, -0.15) is 0 Å². The summed E-state index contributed by atoms with van der Waals surface area (Å²) < 4.78 is 11.5. The Hall–Kier alpha value is -2.24. The molecular formula is C23H33N3O3. The fourth-order valence-electron chi connectivity index (χ4n) is 4.57. The highest BCUT2D eigenvalue weighted by Crippen LogP contribution is 2.45. The molecule has 1 saturated heterocycles. The second-order valence-electron chi connectivity index (χ2n) is 9.15. The predicted octanol–water partition coefficient (Wildman–Crippen LogP) is 4.50. The van der Waals surface area contributed by atoms with E-state index in [0.29, 0.717) is 0 Å². The van der Waals surface area contributed by atoms with Gasteiger partial charge in [-0.25, -0.2) is 9.79 Å². The number of rotatable bonds is 7. The summed E-state index contributed by atoms with van der Waals surface area (Å²) in [5.74, 6) is 3.26. The van der Waals surface area contributed by atoms with Crippen LogP contribution in [0.5, 0.6) is 5.75 Å². The van der Waals surface area contributed by atoms with Crippen LogP contribution in [-0.4, -0.2) is 42.6 Å². The van der Waals surface area contributed by atoms with Crippen molar-refractivity contribution in [1.82, 2.24) is 4.90 Å². The molecule has 2 saturated carbocycles. The maximum Gasteiger partial charge on any atom is 0.410 e. The van der Waals surface area contributed by atoms with Gasteiger partial charge in [0.15, 0.2) is 0 Å². The standard InChI is InChI=1S/C23H33N3O3/c1-23(9-10-23)29-22(27)26-11-6-18(7-12-26)19-14-17(15-19)8-13-28-21-4-2-20(3-5-21)25-16-24/h2-5,16-19H,6-15H2,1H3,(H2,24,25). The van der Waals surface area contributed by atoms with Crippen LogP contribution in [0.2, 0.25) is 0 Å². The van der Waals surface area contributed by atoms with Gasteiger partial charge in [0.2, 0.25) is 0 Å². The molecule has 158 valence electrons. The fraction of sp³-hybridized carbons (Fsp3) is 0.652. The fourth-order valence-corrected chi connectivity index (χ4v) is 4.57. The van der Waals surface area contributed by atoms with Crippen molar-refractivity contribution >= 4 is 18.1 Å². The first-order valence-electron chi connectivity index (χ1n) is 11.0. The van der Waals surface area contributed by atoms with Crippen LogP contribution in [0, 0.1) is 17.8 Å². The van der Waals surface area contributed by atoms with Gasteiger partial charge in [-0.3, -0.25) is 0 Å². The van der Waals surface area contributed by atoms with E-state index >= 15 is 0 Å². The average Bonchev–Trinajstić information content (AvgIpc) is 3.42. The van der Waals surface area contributed by atoms with Gasteiger partial charge < -0.3 is 20.1 Å². The smallest absolute Gasteiger partial charge is 0.410 e. The molecule has 1 amide bonds. The van der Waals surface area contributed by atoms with E-state index in [2.05, 4.69) is 4.99 Å².